The van der Waals surface area contributed by atoms with Crippen LogP contribution in [0, 0.1) is 3.57 Å². The van der Waals surface area contributed by atoms with Crippen molar-refractivity contribution in [3.8, 4) is 11.1 Å². The van der Waals surface area contributed by atoms with Crippen LogP contribution in [0.2, 0.25) is 0 Å². The van der Waals surface area contributed by atoms with Gasteiger partial charge in [-0.15, -0.1) is 0 Å². The summed E-state index contributed by atoms with van der Waals surface area (Å²) in [6, 6.07) is 27.1. The number of ether oxygens (including phenoxy) is 1. The molecule has 0 aliphatic carbocycles. The van der Waals surface area contributed by atoms with Crippen molar-refractivity contribution in [2.45, 2.75) is 13.5 Å². The Kier molecular flexibility index (Phi) is 7.24. The predicted molar refractivity (Wildman–Crippen MR) is 138 cm³/mol. The minimum absolute atomic E-state index is 0.200. The summed E-state index contributed by atoms with van der Waals surface area (Å²) in [5.41, 5.74) is 3.82. The van der Waals surface area contributed by atoms with Gasteiger partial charge in [0.05, 0.1) is 24.4 Å². The van der Waals surface area contributed by atoms with E-state index in [0.717, 1.165) is 20.4 Å². The average molecular weight is 550 g/mol. The molecule has 0 radical (unpaired) electrons. The van der Waals surface area contributed by atoms with E-state index in [-0.39, 0.29) is 18.2 Å². The van der Waals surface area contributed by atoms with Crippen LogP contribution in [0.4, 0.5) is 5.69 Å². The first-order valence-electron chi connectivity index (χ1n) is 10.6. The molecule has 166 valence electrons. The van der Waals surface area contributed by atoms with E-state index >= 15 is 0 Å². The van der Waals surface area contributed by atoms with Crippen LogP contribution in [0.5, 0.6) is 0 Å². The van der Waals surface area contributed by atoms with Crippen molar-refractivity contribution in [2.75, 3.05) is 11.5 Å². The zero-order valence-electron chi connectivity index (χ0n) is 18.1. The van der Waals surface area contributed by atoms with Gasteiger partial charge in [-0.05, 0) is 52.8 Å². The van der Waals surface area contributed by atoms with Gasteiger partial charge in [0.15, 0.2) is 0 Å². The molecule has 0 fully saturated rings. The lowest BCUT2D eigenvalue weighted by molar-refractivity contribution is 0.0521. The average Bonchev–Trinajstić information content (AvgIpc) is 3.29. The second kappa shape index (κ2) is 10.5. The zero-order valence-corrected chi connectivity index (χ0v) is 20.3. The van der Waals surface area contributed by atoms with Gasteiger partial charge in [0.25, 0.3) is 5.91 Å². The Bertz CT molecular complexity index is 1250. The van der Waals surface area contributed by atoms with Crippen molar-refractivity contribution in [2.24, 2.45) is 0 Å². The summed E-state index contributed by atoms with van der Waals surface area (Å²) >= 11 is 2.24. The summed E-state index contributed by atoms with van der Waals surface area (Å²) in [6.45, 7) is 2.40. The zero-order chi connectivity index (χ0) is 23.2. The summed E-state index contributed by atoms with van der Waals surface area (Å²) in [5, 5.41) is 0. The van der Waals surface area contributed by atoms with E-state index in [1.165, 1.54) is 0 Å². The molecule has 1 heterocycles. The quantitative estimate of drug-likeness (QED) is 0.217. The molecule has 6 heteroatoms. The highest BCUT2D eigenvalue weighted by Gasteiger charge is 2.28. The highest BCUT2D eigenvalue weighted by molar-refractivity contribution is 14.1. The van der Waals surface area contributed by atoms with E-state index in [2.05, 4.69) is 27.6 Å². The standard InChI is InChI=1S/C27H23IN2O3/c1-2-33-27(32)25-24(20-13-7-4-8-14-20)21(17-29-25)26(31)30(18-19-11-5-3-6-12-19)23-16-10-9-15-22(23)28/h3-17,29H,2,18H2,1H3. The molecule has 0 atom stereocenters. The number of rotatable bonds is 7. The monoisotopic (exact) mass is 550 g/mol. The summed E-state index contributed by atoms with van der Waals surface area (Å²) < 4.78 is 6.21. The molecule has 33 heavy (non-hydrogen) atoms. The maximum atomic E-state index is 14.0. The minimum Gasteiger partial charge on any atom is -0.461 e. The fourth-order valence-electron chi connectivity index (χ4n) is 3.71. The third-order valence-corrected chi connectivity index (χ3v) is 6.14. The number of hydrogen-bond donors (Lipinski definition) is 1. The molecule has 0 aliphatic heterocycles. The van der Waals surface area contributed by atoms with Crippen LogP contribution in [-0.4, -0.2) is 23.5 Å². The lowest BCUT2D eigenvalue weighted by Crippen LogP contribution is -2.31. The molecule has 0 unspecified atom stereocenters. The Morgan fingerprint density at radius 1 is 0.909 bits per heavy atom. The normalized spacial score (nSPS) is 10.6. The van der Waals surface area contributed by atoms with Gasteiger partial charge in [0, 0.05) is 15.3 Å². The topological polar surface area (TPSA) is 62.4 Å². The minimum atomic E-state index is -0.487. The number of anilines is 1. The van der Waals surface area contributed by atoms with Gasteiger partial charge in [-0.25, -0.2) is 4.79 Å². The van der Waals surface area contributed by atoms with Crippen LogP contribution < -0.4 is 4.90 Å². The van der Waals surface area contributed by atoms with Gasteiger partial charge in [-0.2, -0.15) is 0 Å². The van der Waals surface area contributed by atoms with E-state index < -0.39 is 5.97 Å². The number of nitrogens with one attached hydrogen (secondary N) is 1. The molecule has 4 rings (SSSR count). The highest BCUT2D eigenvalue weighted by atomic mass is 127. The summed E-state index contributed by atoms with van der Waals surface area (Å²) in [5.74, 6) is -0.687. The number of nitrogens with zero attached hydrogens (tertiary/aromatic N) is 1. The van der Waals surface area contributed by atoms with E-state index in [4.69, 9.17) is 4.74 Å². The molecule has 5 nitrogen and oxygen atoms in total. The second-order valence-corrected chi connectivity index (χ2v) is 8.53. The molecule has 1 amide bonds. The summed E-state index contributed by atoms with van der Waals surface area (Å²) in [7, 11) is 0. The van der Waals surface area contributed by atoms with Crippen molar-refractivity contribution >= 4 is 40.2 Å². The van der Waals surface area contributed by atoms with E-state index in [9.17, 15) is 9.59 Å². The first-order valence-corrected chi connectivity index (χ1v) is 11.7. The van der Waals surface area contributed by atoms with Crippen molar-refractivity contribution in [3.05, 3.63) is 112 Å². The fraction of sp³-hybridized carbons (Fsp3) is 0.111. The lowest BCUT2D eigenvalue weighted by Gasteiger charge is -2.24. The van der Waals surface area contributed by atoms with Crippen molar-refractivity contribution in [1.82, 2.24) is 4.98 Å². The molecule has 0 saturated carbocycles. The highest BCUT2D eigenvalue weighted by Crippen LogP contribution is 2.32. The van der Waals surface area contributed by atoms with Crippen molar-refractivity contribution in [1.29, 1.82) is 0 Å². The largest absolute Gasteiger partial charge is 0.461 e. The number of esters is 1. The number of aromatic nitrogens is 1. The Morgan fingerprint density at radius 2 is 1.55 bits per heavy atom. The van der Waals surface area contributed by atoms with Crippen LogP contribution in [0.15, 0.2) is 91.1 Å². The Balaban J connectivity index is 1.84. The first kappa shape index (κ1) is 22.8. The molecule has 0 bridgehead atoms. The van der Waals surface area contributed by atoms with E-state index in [1.54, 1.807) is 18.0 Å². The van der Waals surface area contributed by atoms with Crippen LogP contribution in [-0.2, 0) is 11.3 Å². The SMILES string of the molecule is CCOC(=O)c1[nH]cc(C(=O)N(Cc2ccccc2)c2ccccc2I)c1-c1ccccc1. The van der Waals surface area contributed by atoms with Gasteiger partial charge >= 0.3 is 5.97 Å². The number of halogens is 1. The smallest absolute Gasteiger partial charge is 0.355 e. The molecular weight excluding hydrogens is 527 g/mol. The Morgan fingerprint density at radius 3 is 2.21 bits per heavy atom. The number of carbonyl (C=O) groups is 2. The van der Waals surface area contributed by atoms with Crippen molar-refractivity contribution in [3.63, 3.8) is 0 Å². The molecular formula is C27H23IN2O3. The first-order chi connectivity index (χ1) is 16.1. The maximum Gasteiger partial charge on any atom is 0.355 e. The van der Waals surface area contributed by atoms with Crippen LogP contribution in [0.3, 0.4) is 0 Å². The second-order valence-electron chi connectivity index (χ2n) is 7.37. The molecule has 4 aromatic rings. The maximum absolute atomic E-state index is 14.0. The van der Waals surface area contributed by atoms with E-state index in [0.29, 0.717) is 17.7 Å². The Labute approximate surface area is 206 Å². The Hall–Kier alpha value is -3.39. The number of carbonyl (C=O) groups excluding carboxylic acids is 2. The number of H-pyrrole nitrogens is 1. The van der Waals surface area contributed by atoms with Gasteiger partial charge in [-0.3, -0.25) is 4.79 Å². The number of aromatic amines is 1. The molecule has 0 aliphatic rings. The van der Waals surface area contributed by atoms with Gasteiger partial charge in [-0.1, -0.05) is 72.8 Å². The fourth-order valence-corrected chi connectivity index (χ4v) is 4.39. The third-order valence-electron chi connectivity index (χ3n) is 5.22. The number of benzene rings is 3. The van der Waals surface area contributed by atoms with Gasteiger partial charge < -0.3 is 14.6 Å². The number of hydrogen-bond acceptors (Lipinski definition) is 3. The predicted octanol–water partition coefficient (Wildman–Crippen LogP) is 6.31. The van der Waals surface area contributed by atoms with Gasteiger partial charge in [0.1, 0.15) is 5.69 Å². The van der Waals surface area contributed by atoms with Crippen molar-refractivity contribution < 1.29 is 14.3 Å². The molecule has 3 aromatic carbocycles. The molecule has 0 saturated heterocycles. The lowest BCUT2D eigenvalue weighted by atomic mass is 10.00. The van der Waals surface area contributed by atoms with E-state index in [1.807, 2.05) is 84.9 Å². The summed E-state index contributed by atoms with van der Waals surface area (Å²) in [4.78, 5) is 31.5. The summed E-state index contributed by atoms with van der Waals surface area (Å²) in [6.07, 6.45) is 1.60. The number of para-hydroxylation sites is 1. The van der Waals surface area contributed by atoms with Crippen LogP contribution in [0.1, 0.15) is 33.3 Å². The molecule has 1 N–H and O–H groups in total. The van der Waals surface area contributed by atoms with Crippen LogP contribution >= 0.6 is 22.6 Å². The molecule has 0 spiro atoms. The van der Waals surface area contributed by atoms with Crippen LogP contribution in [0.25, 0.3) is 11.1 Å². The third kappa shape index (κ3) is 5.01. The number of amides is 1. The van der Waals surface area contributed by atoms with Gasteiger partial charge in [0.2, 0.25) is 0 Å². The molecule has 1 aromatic heterocycles.